The molecule has 17 heavy (non-hydrogen) atoms. The summed E-state index contributed by atoms with van der Waals surface area (Å²) in [5.41, 5.74) is 2.11. The molecule has 0 aromatic heterocycles. The Balaban J connectivity index is 2.58. The van der Waals surface area contributed by atoms with Crippen molar-refractivity contribution in [2.24, 2.45) is 5.92 Å². The number of aryl methyl sites for hydroxylation is 2. The average molecular weight is 237 g/mol. The van der Waals surface area contributed by atoms with Crippen LogP contribution in [0, 0.1) is 18.7 Å². The van der Waals surface area contributed by atoms with E-state index >= 15 is 0 Å². The van der Waals surface area contributed by atoms with Gasteiger partial charge in [0, 0.05) is 6.04 Å². The van der Waals surface area contributed by atoms with Gasteiger partial charge in [-0.05, 0) is 55.5 Å². The zero-order valence-corrected chi connectivity index (χ0v) is 11.4. The number of halogens is 1. The summed E-state index contributed by atoms with van der Waals surface area (Å²) in [5.74, 6) is 0.495. The maximum absolute atomic E-state index is 13.2. The van der Waals surface area contributed by atoms with Gasteiger partial charge in [0.05, 0.1) is 0 Å². The molecule has 0 aliphatic rings. The molecule has 1 nitrogen and oxygen atoms in total. The van der Waals surface area contributed by atoms with Crippen LogP contribution in [0.25, 0.3) is 0 Å². The van der Waals surface area contributed by atoms with Gasteiger partial charge in [-0.3, -0.25) is 0 Å². The van der Waals surface area contributed by atoms with Gasteiger partial charge in [0.1, 0.15) is 5.82 Å². The van der Waals surface area contributed by atoms with Crippen LogP contribution in [0.1, 0.15) is 38.3 Å². The molecule has 1 rings (SSSR count). The molecule has 1 atom stereocenters. The van der Waals surface area contributed by atoms with Crippen LogP contribution in [0.4, 0.5) is 4.39 Å². The zero-order chi connectivity index (χ0) is 12.8. The third-order valence-electron chi connectivity index (χ3n) is 3.12. The van der Waals surface area contributed by atoms with Crippen molar-refractivity contribution in [2.75, 3.05) is 6.54 Å². The molecular weight excluding hydrogens is 213 g/mol. The lowest BCUT2D eigenvalue weighted by molar-refractivity contribution is 0.385. The summed E-state index contributed by atoms with van der Waals surface area (Å²) in [6.45, 7) is 9.51. The molecular formula is C15H24FN. The predicted octanol–water partition coefficient (Wildman–Crippen LogP) is 3.70. The van der Waals surface area contributed by atoms with Crippen LogP contribution in [0.2, 0.25) is 0 Å². The van der Waals surface area contributed by atoms with Gasteiger partial charge in [-0.2, -0.15) is 0 Å². The van der Waals surface area contributed by atoms with Crippen molar-refractivity contribution in [3.63, 3.8) is 0 Å². The molecule has 2 heteroatoms. The number of nitrogens with one attached hydrogen (secondary N) is 1. The van der Waals surface area contributed by atoms with Gasteiger partial charge in [0.2, 0.25) is 0 Å². The van der Waals surface area contributed by atoms with Crippen molar-refractivity contribution in [3.8, 4) is 0 Å². The summed E-state index contributed by atoms with van der Waals surface area (Å²) in [6.07, 6.45) is 2.00. The Morgan fingerprint density at radius 1 is 1.24 bits per heavy atom. The standard InChI is InChI=1S/C15H24FN/c1-5-17-15(11(2)3)7-6-13-8-12(4)9-14(16)10-13/h8-11,15,17H,5-7H2,1-4H3. The van der Waals surface area contributed by atoms with E-state index in [2.05, 4.69) is 32.2 Å². The first-order valence-electron chi connectivity index (χ1n) is 6.52. The molecule has 0 fully saturated rings. The summed E-state index contributed by atoms with van der Waals surface area (Å²) in [5, 5.41) is 3.49. The van der Waals surface area contributed by atoms with E-state index < -0.39 is 0 Å². The van der Waals surface area contributed by atoms with Crippen LogP contribution in [0.15, 0.2) is 18.2 Å². The summed E-state index contributed by atoms with van der Waals surface area (Å²) in [7, 11) is 0. The quantitative estimate of drug-likeness (QED) is 0.795. The molecule has 0 amide bonds. The van der Waals surface area contributed by atoms with Crippen LogP contribution >= 0.6 is 0 Å². The monoisotopic (exact) mass is 237 g/mol. The van der Waals surface area contributed by atoms with Crippen molar-refractivity contribution in [1.29, 1.82) is 0 Å². The van der Waals surface area contributed by atoms with E-state index in [1.54, 1.807) is 12.1 Å². The normalized spacial score (nSPS) is 13.1. The van der Waals surface area contributed by atoms with Crippen molar-refractivity contribution in [1.82, 2.24) is 5.32 Å². The van der Waals surface area contributed by atoms with E-state index in [0.717, 1.165) is 30.5 Å². The van der Waals surface area contributed by atoms with Crippen molar-refractivity contribution in [2.45, 2.75) is 46.6 Å². The van der Waals surface area contributed by atoms with Crippen LogP contribution in [0.3, 0.4) is 0 Å². The van der Waals surface area contributed by atoms with E-state index in [1.807, 2.05) is 6.92 Å². The smallest absolute Gasteiger partial charge is 0.123 e. The molecule has 0 bridgehead atoms. The molecule has 1 aromatic rings. The van der Waals surface area contributed by atoms with E-state index in [9.17, 15) is 4.39 Å². The predicted molar refractivity (Wildman–Crippen MR) is 71.8 cm³/mol. The summed E-state index contributed by atoms with van der Waals surface area (Å²) >= 11 is 0. The van der Waals surface area contributed by atoms with Crippen molar-refractivity contribution in [3.05, 3.63) is 35.1 Å². The van der Waals surface area contributed by atoms with Crippen LogP contribution in [-0.2, 0) is 6.42 Å². The minimum absolute atomic E-state index is 0.121. The molecule has 0 saturated carbocycles. The Bertz CT molecular complexity index is 327. The molecule has 1 N–H and O–H groups in total. The Labute approximate surface area is 104 Å². The molecule has 1 unspecified atom stereocenters. The highest BCUT2D eigenvalue weighted by Gasteiger charge is 2.11. The lowest BCUT2D eigenvalue weighted by Crippen LogP contribution is -2.34. The van der Waals surface area contributed by atoms with Gasteiger partial charge >= 0.3 is 0 Å². The first kappa shape index (κ1) is 14.2. The van der Waals surface area contributed by atoms with Gasteiger partial charge in [0.15, 0.2) is 0 Å². The van der Waals surface area contributed by atoms with Gasteiger partial charge in [-0.15, -0.1) is 0 Å². The van der Waals surface area contributed by atoms with E-state index in [4.69, 9.17) is 0 Å². The Morgan fingerprint density at radius 2 is 1.94 bits per heavy atom. The molecule has 0 aliphatic heterocycles. The maximum atomic E-state index is 13.2. The summed E-state index contributed by atoms with van der Waals surface area (Å²) < 4.78 is 13.2. The molecule has 0 spiro atoms. The number of benzene rings is 1. The zero-order valence-electron chi connectivity index (χ0n) is 11.4. The summed E-state index contributed by atoms with van der Waals surface area (Å²) in [6, 6.07) is 5.82. The molecule has 1 aromatic carbocycles. The van der Waals surface area contributed by atoms with Gasteiger partial charge < -0.3 is 5.32 Å². The Kier molecular flexibility index (Phi) is 5.63. The maximum Gasteiger partial charge on any atom is 0.123 e. The molecule has 0 heterocycles. The lowest BCUT2D eigenvalue weighted by atomic mass is 9.96. The molecule has 96 valence electrons. The number of hydrogen-bond acceptors (Lipinski definition) is 1. The van der Waals surface area contributed by atoms with Gasteiger partial charge in [0.25, 0.3) is 0 Å². The minimum Gasteiger partial charge on any atom is -0.314 e. The van der Waals surface area contributed by atoms with Crippen LogP contribution in [-0.4, -0.2) is 12.6 Å². The second kappa shape index (κ2) is 6.75. The fourth-order valence-corrected chi connectivity index (χ4v) is 2.21. The first-order chi connectivity index (χ1) is 8.02. The van der Waals surface area contributed by atoms with E-state index in [-0.39, 0.29) is 5.82 Å². The molecule has 0 aliphatic carbocycles. The SMILES string of the molecule is CCNC(CCc1cc(C)cc(F)c1)C(C)C. The van der Waals surface area contributed by atoms with Crippen molar-refractivity contribution < 1.29 is 4.39 Å². The summed E-state index contributed by atoms with van der Waals surface area (Å²) in [4.78, 5) is 0. The van der Waals surface area contributed by atoms with Crippen LogP contribution < -0.4 is 5.32 Å². The fraction of sp³-hybridized carbons (Fsp3) is 0.600. The lowest BCUT2D eigenvalue weighted by Gasteiger charge is -2.21. The fourth-order valence-electron chi connectivity index (χ4n) is 2.21. The Hall–Kier alpha value is -0.890. The van der Waals surface area contributed by atoms with Gasteiger partial charge in [-0.1, -0.05) is 26.8 Å². The second-order valence-corrected chi connectivity index (χ2v) is 5.08. The average Bonchev–Trinajstić information content (AvgIpc) is 2.22. The van der Waals surface area contributed by atoms with Crippen molar-refractivity contribution >= 4 is 0 Å². The number of hydrogen-bond donors (Lipinski definition) is 1. The van der Waals surface area contributed by atoms with Crippen LogP contribution in [0.5, 0.6) is 0 Å². The highest BCUT2D eigenvalue weighted by molar-refractivity contribution is 5.23. The second-order valence-electron chi connectivity index (χ2n) is 5.08. The topological polar surface area (TPSA) is 12.0 Å². The first-order valence-corrected chi connectivity index (χ1v) is 6.52. The third kappa shape index (κ3) is 4.86. The number of rotatable bonds is 6. The highest BCUT2D eigenvalue weighted by atomic mass is 19.1. The minimum atomic E-state index is -0.121. The largest absolute Gasteiger partial charge is 0.314 e. The Morgan fingerprint density at radius 3 is 2.47 bits per heavy atom. The molecule has 0 saturated heterocycles. The molecule has 0 radical (unpaired) electrons. The van der Waals surface area contributed by atoms with E-state index in [0.29, 0.717) is 12.0 Å². The van der Waals surface area contributed by atoms with Gasteiger partial charge in [-0.25, -0.2) is 4.39 Å². The van der Waals surface area contributed by atoms with E-state index in [1.165, 1.54) is 0 Å². The highest BCUT2D eigenvalue weighted by Crippen LogP contribution is 2.14. The third-order valence-corrected chi connectivity index (χ3v) is 3.12.